The molecule has 1 N–H and O–H groups in total. The third-order valence-corrected chi connectivity index (χ3v) is 6.00. The van der Waals surface area contributed by atoms with Crippen LogP contribution in [-0.2, 0) is 9.47 Å². The number of rotatable bonds is 6. The number of piperidine rings is 1. The first-order valence-corrected chi connectivity index (χ1v) is 11.5. The summed E-state index contributed by atoms with van der Waals surface area (Å²) < 4.78 is 10.0. The second kappa shape index (κ2) is 11.0. The molecule has 9 nitrogen and oxygen atoms in total. The number of carbonyl (C=O) groups excluding carboxylic acids is 2. The molecule has 2 fully saturated rings. The molecule has 178 valence electrons. The third-order valence-electron chi connectivity index (χ3n) is 6.00. The van der Waals surface area contributed by atoms with Gasteiger partial charge in [0, 0.05) is 39.3 Å². The minimum atomic E-state index is -0.477. The monoisotopic (exact) mass is 447 g/mol. The summed E-state index contributed by atoms with van der Waals surface area (Å²) in [5.74, 6) is 0.285. The Hall–Kier alpha value is -2.39. The van der Waals surface area contributed by atoms with Crippen molar-refractivity contribution in [3.05, 3.63) is 24.0 Å². The highest BCUT2D eigenvalue weighted by Gasteiger charge is 2.24. The highest BCUT2D eigenvalue weighted by molar-refractivity contribution is 5.87. The van der Waals surface area contributed by atoms with Crippen molar-refractivity contribution in [3.8, 4) is 0 Å². The van der Waals surface area contributed by atoms with Crippen molar-refractivity contribution in [2.75, 3.05) is 57.8 Å². The van der Waals surface area contributed by atoms with Gasteiger partial charge in [-0.05, 0) is 64.6 Å². The van der Waals surface area contributed by atoms with Gasteiger partial charge in [-0.15, -0.1) is 0 Å². The Morgan fingerprint density at radius 2 is 1.78 bits per heavy atom. The number of hydrogen-bond acceptors (Lipinski definition) is 8. The van der Waals surface area contributed by atoms with Crippen molar-refractivity contribution in [2.45, 2.75) is 45.6 Å². The summed E-state index contributed by atoms with van der Waals surface area (Å²) in [5.41, 5.74) is 3.76. The predicted molar refractivity (Wildman–Crippen MR) is 123 cm³/mol. The molecule has 0 bridgehead atoms. The largest absolute Gasteiger partial charge is 0.464 e. The highest BCUT2D eigenvalue weighted by Crippen LogP contribution is 2.21. The number of ether oxygens (including phenoxy) is 2. The molecule has 0 spiro atoms. The van der Waals surface area contributed by atoms with Crippen LogP contribution in [0.3, 0.4) is 0 Å². The van der Waals surface area contributed by atoms with E-state index in [1.165, 1.54) is 13.5 Å². The molecule has 0 radical (unpaired) electrons. The zero-order valence-corrected chi connectivity index (χ0v) is 19.8. The third kappa shape index (κ3) is 7.34. The summed E-state index contributed by atoms with van der Waals surface area (Å²) in [6, 6.07) is 3.66. The van der Waals surface area contributed by atoms with Crippen LogP contribution in [0.25, 0.3) is 0 Å². The normalized spacial score (nSPS) is 18.9. The molecule has 0 aromatic carbocycles. The van der Waals surface area contributed by atoms with E-state index in [1.54, 1.807) is 12.3 Å². The van der Waals surface area contributed by atoms with Crippen molar-refractivity contribution >= 4 is 17.7 Å². The van der Waals surface area contributed by atoms with Crippen molar-refractivity contribution in [1.82, 2.24) is 20.3 Å². The first-order valence-electron chi connectivity index (χ1n) is 11.5. The van der Waals surface area contributed by atoms with Crippen LogP contribution in [0.4, 0.5) is 10.5 Å². The maximum absolute atomic E-state index is 11.9. The van der Waals surface area contributed by atoms with Gasteiger partial charge in [-0.3, -0.25) is 10.3 Å². The maximum atomic E-state index is 11.9. The number of hydrazine groups is 1. The lowest BCUT2D eigenvalue weighted by Gasteiger charge is -2.37. The van der Waals surface area contributed by atoms with Crippen LogP contribution < -0.4 is 10.3 Å². The molecule has 9 heteroatoms. The summed E-state index contributed by atoms with van der Waals surface area (Å²) in [6.45, 7) is 12.4. The summed E-state index contributed by atoms with van der Waals surface area (Å²) in [4.78, 5) is 32.5. The minimum absolute atomic E-state index is 0.335. The van der Waals surface area contributed by atoms with Crippen LogP contribution in [0.2, 0.25) is 0 Å². The first kappa shape index (κ1) is 24.3. The van der Waals surface area contributed by atoms with E-state index in [4.69, 9.17) is 9.47 Å². The van der Waals surface area contributed by atoms with Crippen LogP contribution in [0, 0.1) is 5.92 Å². The number of pyridine rings is 1. The molecule has 2 aliphatic rings. The van der Waals surface area contributed by atoms with Gasteiger partial charge in [0.2, 0.25) is 0 Å². The fourth-order valence-corrected chi connectivity index (χ4v) is 4.16. The van der Waals surface area contributed by atoms with E-state index in [0.717, 1.165) is 64.3 Å². The number of nitrogens with one attached hydrogen (secondary N) is 1. The number of piperazine rings is 1. The van der Waals surface area contributed by atoms with Gasteiger partial charge in [0.1, 0.15) is 11.3 Å². The smallest absolute Gasteiger partial charge is 0.422 e. The summed E-state index contributed by atoms with van der Waals surface area (Å²) in [6.07, 6.45) is 4.75. The van der Waals surface area contributed by atoms with Gasteiger partial charge in [0.15, 0.2) is 0 Å². The number of anilines is 1. The zero-order chi connectivity index (χ0) is 23.1. The molecule has 2 saturated heterocycles. The van der Waals surface area contributed by atoms with Crippen LogP contribution in [0.15, 0.2) is 18.3 Å². The Morgan fingerprint density at radius 1 is 1.09 bits per heavy atom. The molecular weight excluding hydrogens is 410 g/mol. The lowest BCUT2D eigenvalue weighted by atomic mass is 9.94. The Labute approximate surface area is 191 Å². The summed E-state index contributed by atoms with van der Waals surface area (Å²) >= 11 is 0. The van der Waals surface area contributed by atoms with E-state index in [0.29, 0.717) is 11.6 Å². The molecule has 2 aliphatic heterocycles. The van der Waals surface area contributed by atoms with Gasteiger partial charge in [0.25, 0.3) is 0 Å². The minimum Gasteiger partial charge on any atom is -0.464 e. The fraction of sp³-hybridized carbons (Fsp3) is 0.696. The molecule has 0 atom stereocenters. The molecule has 0 aliphatic carbocycles. The van der Waals surface area contributed by atoms with Crippen molar-refractivity contribution < 1.29 is 19.1 Å². The highest BCUT2D eigenvalue weighted by atomic mass is 16.6. The van der Waals surface area contributed by atoms with Crippen LogP contribution >= 0.6 is 0 Å². The Morgan fingerprint density at radius 3 is 2.34 bits per heavy atom. The second-order valence-corrected chi connectivity index (χ2v) is 9.55. The first-order chi connectivity index (χ1) is 15.2. The molecule has 32 heavy (non-hydrogen) atoms. The zero-order valence-electron chi connectivity index (χ0n) is 19.8. The van der Waals surface area contributed by atoms with Gasteiger partial charge >= 0.3 is 12.1 Å². The number of nitrogens with zero attached hydrogens (tertiary/aromatic N) is 4. The van der Waals surface area contributed by atoms with E-state index < -0.39 is 11.6 Å². The predicted octanol–water partition coefficient (Wildman–Crippen LogP) is 2.53. The van der Waals surface area contributed by atoms with Gasteiger partial charge in [-0.1, -0.05) is 0 Å². The van der Waals surface area contributed by atoms with Gasteiger partial charge in [0.05, 0.1) is 19.0 Å². The summed E-state index contributed by atoms with van der Waals surface area (Å²) in [5, 5.41) is 1.98. The fourth-order valence-electron chi connectivity index (χ4n) is 4.16. The number of aromatic nitrogens is 1. The quantitative estimate of drug-likeness (QED) is 0.666. The lowest BCUT2D eigenvalue weighted by Crippen LogP contribution is -2.49. The number of methoxy groups -OCH3 is 1. The average molecular weight is 448 g/mol. The van der Waals surface area contributed by atoms with Crippen LogP contribution in [-0.4, -0.2) is 85.5 Å². The second-order valence-electron chi connectivity index (χ2n) is 9.55. The summed E-state index contributed by atoms with van der Waals surface area (Å²) in [7, 11) is 1.36. The van der Waals surface area contributed by atoms with Gasteiger partial charge in [-0.25, -0.2) is 19.6 Å². The molecule has 0 unspecified atom stereocenters. The number of carbonyl (C=O) groups is 2. The van der Waals surface area contributed by atoms with E-state index in [2.05, 4.69) is 20.2 Å². The van der Waals surface area contributed by atoms with E-state index in [1.807, 2.05) is 31.8 Å². The average Bonchev–Trinajstić information content (AvgIpc) is 2.77. The molecule has 3 heterocycles. The maximum Gasteiger partial charge on any atom is 0.422 e. The molecule has 0 saturated carbocycles. The van der Waals surface area contributed by atoms with Crippen molar-refractivity contribution in [3.63, 3.8) is 0 Å². The molecular formula is C23H37N5O4. The standard InChI is InChI=1S/C23H37N5O4/c1-23(2,3)32-22(30)25-28-11-8-18(9-12-28)7-10-26-13-15-27(16-14-26)19-5-6-20(24-17-19)21(29)31-4/h5-6,17-18H,7-16H2,1-4H3,(H,25,30). The lowest BCUT2D eigenvalue weighted by molar-refractivity contribution is 0.0257. The van der Waals surface area contributed by atoms with Crippen LogP contribution in [0.5, 0.6) is 0 Å². The Bertz CT molecular complexity index is 749. The van der Waals surface area contributed by atoms with E-state index in [9.17, 15) is 9.59 Å². The van der Waals surface area contributed by atoms with E-state index >= 15 is 0 Å². The molecule has 1 amide bonds. The van der Waals surface area contributed by atoms with Gasteiger partial charge < -0.3 is 14.4 Å². The van der Waals surface area contributed by atoms with Crippen molar-refractivity contribution in [1.29, 1.82) is 0 Å². The van der Waals surface area contributed by atoms with Gasteiger partial charge in [-0.2, -0.15) is 0 Å². The topological polar surface area (TPSA) is 87.2 Å². The SMILES string of the molecule is COC(=O)c1ccc(N2CCN(CCC3CCN(NC(=O)OC(C)(C)C)CC3)CC2)cn1. The van der Waals surface area contributed by atoms with Crippen molar-refractivity contribution in [2.24, 2.45) is 5.92 Å². The molecule has 1 aromatic rings. The molecule has 3 rings (SSSR count). The number of amides is 1. The number of esters is 1. The Balaban J connectivity index is 1.33. The van der Waals surface area contributed by atoms with E-state index in [-0.39, 0.29) is 6.09 Å². The molecule has 1 aromatic heterocycles. The number of hydrogen-bond donors (Lipinski definition) is 1. The Kier molecular flexibility index (Phi) is 8.31. The van der Waals surface area contributed by atoms with Crippen LogP contribution in [0.1, 0.15) is 50.5 Å².